The van der Waals surface area contributed by atoms with Crippen molar-refractivity contribution in [3.05, 3.63) is 50.7 Å². The van der Waals surface area contributed by atoms with E-state index in [1.54, 1.807) is 0 Å². The van der Waals surface area contributed by atoms with Gasteiger partial charge in [0.25, 0.3) is 0 Å². The van der Waals surface area contributed by atoms with Gasteiger partial charge in [0.2, 0.25) is 0 Å². The Balaban J connectivity index is 2.36. The summed E-state index contributed by atoms with van der Waals surface area (Å²) in [6, 6.07) is 7.69. The number of rotatable bonds is 3. The van der Waals surface area contributed by atoms with Gasteiger partial charge in [-0.05, 0) is 47.5 Å². The third kappa shape index (κ3) is 3.02. The van der Waals surface area contributed by atoms with Crippen molar-refractivity contribution in [1.82, 2.24) is 9.78 Å². The lowest BCUT2D eigenvalue weighted by molar-refractivity contribution is 0.471. The molecular weight excluding hydrogens is 326 g/mol. The van der Waals surface area contributed by atoms with Crippen molar-refractivity contribution < 1.29 is 0 Å². The van der Waals surface area contributed by atoms with Gasteiger partial charge in [0.15, 0.2) is 0 Å². The molecule has 2 rings (SSSR count). The van der Waals surface area contributed by atoms with Gasteiger partial charge in [-0.3, -0.25) is 4.68 Å². The fourth-order valence-corrected chi connectivity index (χ4v) is 2.83. The van der Waals surface area contributed by atoms with E-state index in [4.69, 9.17) is 17.3 Å². The lowest BCUT2D eigenvalue weighted by Gasteiger charge is -2.25. The SMILES string of the molecule is Cc1nn(C)c(CC(C)(N)c2cccc(Cl)c2)c1Br. The van der Waals surface area contributed by atoms with Gasteiger partial charge < -0.3 is 5.73 Å². The smallest absolute Gasteiger partial charge is 0.0738 e. The molecule has 1 atom stereocenters. The van der Waals surface area contributed by atoms with Crippen LogP contribution >= 0.6 is 27.5 Å². The van der Waals surface area contributed by atoms with E-state index in [1.807, 2.05) is 49.8 Å². The molecule has 0 radical (unpaired) electrons. The number of nitrogens with zero attached hydrogens (tertiary/aromatic N) is 2. The van der Waals surface area contributed by atoms with Crippen molar-refractivity contribution >= 4 is 27.5 Å². The van der Waals surface area contributed by atoms with Crippen LogP contribution in [-0.4, -0.2) is 9.78 Å². The molecule has 0 aliphatic rings. The number of hydrogen-bond acceptors (Lipinski definition) is 2. The highest BCUT2D eigenvalue weighted by atomic mass is 79.9. The molecule has 3 nitrogen and oxygen atoms in total. The van der Waals surface area contributed by atoms with Gasteiger partial charge in [0.05, 0.1) is 15.9 Å². The molecule has 19 heavy (non-hydrogen) atoms. The lowest BCUT2D eigenvalue weighted by Crippen LogP contribution is -2.36. The molecule has 1 unspecified atom stereocenters. The van der Waals surface area contributed by atoms with Crippen molar-refractivity contribution in [2.75, 3.05) is 0 Å². The second kappa shape index (κ2) is 5.27. The molecule has 0 saturated carbocycles. The van der Waals surface area contributed by atoms with Gasteiger partial charge in [0, 0.05) is 24.0 Å². The van der Waals surface area contributed by atoms with Crippen LogP contribution < -0.4 is 5.73 Å². The Bertz CT molecular complexity index is 605. The number of nitrogens with two attached hydrogens (primary N) is 1. The van der Waals surface area contributed by atoms with E-state index in [9.17, 15) is 0 Å². The summed E-state index contributed by atoms with van der Waals surface area (Å²) in [6.45, 7) is 3.98. The quantitative estimate of drug-likeness (QED) is 0.927. The van der Waals surface area contributed by atoms with E-state index >= 15 is 0 Å². The summed E-state index contributed by atoms with van der Waals surface area (Å²) in [5.74, 6) is 0. The fraction of sp³-hybridized carbons (Fsp3) is 0.357. The van der Waals surface area contributed by atoms with Crippen LogP contribution in [-0.2, 0) is 19.0 Å². The van der Waals surface area contributed by atoms with E-state index in [0.29, 0.717) is 11.4 Å². The summed E-state index contributed by atoms with van der Waals surface area (Å²) in [5, 5.41) is 5.10. The minimum Gasteiger partial charge on any atom is -0.321 e. The monoisotopic (exact) mass is 341 g/mol. The zero-order chi connectivity index (χ0) is 14.2. The third-order valence-corrected chi connectivity index (χ3v) is 4.55. The van der Waals surface area contributed by atoms with Crippen LogP contribution in [0.15, 0.2) is 28.7 Å². The number of aromatic nitrogens is 2. The maximum Gasteiger partial charge on any atom is 0.0738 e. The Morgan fingerprint density at radius 2 is 2.16 bits per heavy atom. The predicted octanol–water partition coefficient (Wildman–Crippen LogP) is 3.56. The highest BCUT2D eigenvalue weighted by molar-refractivity contribution is 9.10. The summed E-state index contributed by atoms with van der Waals surface area (Å²) < 4.78 is 2.89. The van der Waals surface area contributed by atoms with Crippen LogP contribution in [0.3, 0.4) is 0 Å². The first-order chi connectivity index (χ1) is 8.81. The van der Waals surface area contributed by atoms with E-state index < -0.39 is 5.54 Å². The van der Waals surface area contributed by atoms with Crippen molar-refractivity contribution in [1.29, 1.82) is 0 Å². The topological polar surface area (TPSA) is 43.8 Å². The van der Waals surface area contributed by atoms with Crippen LogP contribution in [0.4, 0.5) is 0 Å². The minimum absolute atomic E-state index is 0.492. The van der Waals surface area contributed by atoms with Crippen LogP contribution in [0.5, 0.6) is 0 Å². The predicted molar refractivity (Wildman–Crippen MR) is 82.3 cm³/mol. The molecule has 102 valence electrons. The first-order valence-corrected chi connectivity index (χ1v) is 7.21. The van der Waals surface area contributed by atoms with E-state index in [1.165, 1.54) is 0 Å². The Kier molecular flexibility index (Phi) is 4.04. The highest BCUT2D eigenvalue weighted by Crippen LogP contribution is 2.29. The molecule has 0 fully saturated rings. The van der Waals surface area contributed by atoms with Gasteiger partial charge in [-0.2, -0.15) is 5.10 Å². The molecule has 5 heteroatoms. The standard InChI is InChI=1S/C14H17BrClN3/c1-9-13(15)12(19(3)18-9)8-14(2,17)10-5-4-6-11(16)7-10/h4-7H,8,17H2,1-3H3. The molecule has 1 heterocycles. The maximum atomic E-state index is 6.47. The molecule has 0 amide bonds. The summed E-state index contributed by atoms with van der Waals surface area (Å²) in [5.41, 5.74) is 9.05. The fourth-order valence-electron chi connectivity index (χ4n) is 2.17. The van der Waals surface area contributed by atoms with Crippen molar-refractivity contribution in [3.8, 4) is 0 Å². The zero-order valence-electron chi connectivity index (χ0n) is 11.2. The molecule has 0 aliphatic heterocycles. The van der Waals surface area contributed by atoms with Gasteiger partial charge in [0.1, 0.15) is 0 Å². The number of benzene rings is 1. The summed E-state index contributed by atoms with van der Waals surface area (Å²) in [7, 11) is 1.93. The number of halogens is 2. The molecule has 2 N–H and O–H groups in total. The maximum absolute atomic E-state index is 6.47. The average Bonchev–Trinajstić information content (AvgIpc) is 2.56. The van der Waals surface area contributed by atoms with Gasteiger partial charge in [-0.1, -0.05) is 23.7 Å². The molecule has 0 bridgehead atoms. The summed E-state index contributed by atoms with van der Waals surface area (Å²) >= 11 is 9.61. The average molecular weight is 343 g/mol. The molecule has 0 aliphatic carbocycles. The molecule has 1 aromatic heterocycles. The number of hydrogen-bond donors (Lipinski definition) is 1. The van der Waals surface area contributed by atoms with Crippen molar-refractivity contribution in [2.45, 2.75) is 25.8 Å². The Hall–Kier alpha value is -0.840. The highest BCUT2D eigenvalue weighted by Gasteiger charge is 2.25. The number of aryl methyl sites for hydroxylation is 2. The summed E-state index contributed by atoms with van der Waals surface area (Å²) in [6.07, 6.45) is 0.686. The first kappa shape index (κ1) is 14.6. The first-order valence-electron chi connectivity index (χ1n) is 6.04. The molecule has 0 saturated heterocycles. The lowest BCUT2D eigenvalue weighted by atomic mass is 9.88. The van der Waals surface area contributed by atoms with Crippen LogP contribution in [0.1, 0.15) is 23.9 Å². The Morgan fingerprint density at radius 3 is 2.68 bits per heavy atom. The molecule has 2 aromatic rings. The third-order valence-electron chi connectivity index (χ3n) is 3.28. The summed E-state index contributed by atoms with van der Waals surface area (Å²) in [4.78, 5) is 0. The molecular formula is C14H17BrClN3. The van der Waals surface area contributed by atoms with Gasteiger partial charge >= 0.3 is 0 Å². The van der Waals surface area contributed by atoms with Gasteiger partial charge in [-0.25, -0.2) is 0 Å². The van der Waals surface area contributed by atoms with Crippen LogP contribution in [0, 0.1) is 6.92 Å². The normalized spacial score (nSPS) is 14.4. The van der Waals surface area contributed by atoms with Crippen LogP contribution in [0.2, 0.25) is 5.02 Å². The largest absolute Gasteiger partial charge is 0.321 e. The second-order valence-electron chi connectivity index (χ2n) is 5.07. The molecule has 0 spiro atoms. The minimum atomic E-state index is -0.492. The Morgan fingerprint density at radius 1 is 1.47 bits per heavy atom. The van der Waals surface area contributed by atoms with E-state index in [-0.39, 0.29) is 0 Å². The van der Waals surface area contributed by atoms with Gasteiger partial charge in [-0.15, -0.1) is 0 Å². The van der Waals surface area contributed by atoms with Crippen LogP contribution in [0.25, 0.3) is 0 Å². The second-order valence-corrected chi connectivity index (χ2v) is 6.30. The van der Waals surface area contributed by atoms with E-state index in [0.717, 1.165) is 21.4 Å². The van der Waals surface area contributed by atoms with Crippen molar-refractivity contribution in [3.63, 3.8) is 0 Å². The zero-order valence-corrected chi connectivity index (χ0v) is 13.6. The van der Waals surface area contributed by atoms with E-state index in [2.05, 4.69) is 21.0 Å². The molecule has 1 aromatic carbocycles. The Labute approximate surface area is 126 Å². The van der Waals surface area contributed by atoms with Crippen molar-refractivity contribution in [2.24, 2.45) is 12.8 Å².